The number of aryl methyl sites for hydroxylation is 1. The second-order valence-electron chi connectivity index (χ2n) is 10.2. The van der Waals surface area contributed by atoms with Crippen molar-refractivity contribution in [1.29, 1.82) is 0 Å². The fraction of sp³-hybridized carbons (Fsp3) is 0.720. The standard InChI is InChI=1S/C25H37N5O2S/c1-17-22-16-23(33-25(22)30(27-17)21-6-4-3-5-7-21)24(32)26-19-8-10-20(11-9-19)29-14-12-28(13-15-29)18(2)31/h16,19-21H,3-15H2,1-2H3,(H,26,32)/t19-,20-. The first kappa shape index (κ1) is 22.8. The predicted octanol–water partition coefficient (Wildman–Crippen LogP) is 4.12. The third-order valence-corrected chi connectivity index (χ3v) is 9.14. The summed E-state index contributed by atoms with van der Waals surface area (Å²) in [5.41, 5.74) is 1.04. The number of fused-ring (bicyclic) bond motifs is 1. The van der Waals surface area contributed by atoms with Gasteiger partial charge in [0.05, 0.1) is 16.6 Å². The summed E-state index contributed by atoms with van der Waals surface area (Å²) < 4.78 is 2.21. The van der Waals surface area contributed by atoms with Crippen LogP contribution in [0.25, 0.3) is 10.2 Å². The molecule has 2 aromatic rings. The van der Waals surface area contributed by atoms with Crippen molar-refractivity contribution < 1.29 is 9.59 Å². The van der Waals surface area contributed by atoms with E-state index >= 15 is 0 Å². The number of thiophene rings is 1. The zero-order valence-electron chi connectivity index (χ0n) is 20.0. The molecule has 3 fully saturated rings. The molecule has 0 atom stereocenters. The fourth-order valence-corrected chi connectivity index (χ4v) is 7.14. The van der Waals surface area contributed by atoms with Crippen LogP contribution in [0.2, 0.25) is 0 Å². The molecule has 0 aromatic carbocycles. The van der Waals surface area contributed by atoms with Crippen molar-refractivity contribution in [2.45, 2.75) is 89.8 Å². The summed E-state index contributed by atoms with van der Waals surface area (Å²) >= 11 is 1.61. The van der Waals surface area contributed by atoms with Gasteiger partial charge in [-0.15, -0.1) is 11.3 Å². The van der Waals surface area contributed by atoms with Crippen molar-refractivity contribution in [1.82, 2.24) is 24.9 Å². The molecule has 0 radical (unpaired) electrons. The number of piperazine rings is 1. The molecule has 5 rings (SSSR count). The highest BCUT2D eigenvalue weighted by Gasteiger charge is 2.30. The van der Waals surface area contributed by atoms with Crippen LogP contribution < -0.4 is 5.32 Å². The molecule has 3 heterocycles. The molecule has 2 aliphatic carbocycles. The largest absolute Gasteiger partial charge is 0.349 e. The van der Waals surface area contributed by atoms with E-state index in [0.29, 0.717) is 12.1 Å². The van der Waals surface area contributed by atoms with Crippen LogP contribution in [0.5, 0.6) is 0 Å². The van der Waals surface area contributed by atoms with Crippen LogP contribution in [0.1, 0.15) is 86.1 Å². The Kier molecular flexibility index (Phi) is 6.74. The monoisotopic (exact) mass is 471 g/mol. The molecule has 1 saturated heterocycles. The molecule has 7 nitrogen and oxygen atoms in total. The second-order valence-corrected chi connectivity index (χ2v) is 11.2. The molecule has 33 heavy (non-hydrogen) atoms. The lowest BCUT2D eigenvalue weighted by atomic mass is 9.89. The fourth-order valence-electron chi connectivity index (χ4n) is 6.00. The highest BCUT2D eigenvalue weighted by Crippen LogP contribution is 2.35. The number of amides is 2. The third kappa shape index (κ3) is 4.83. The van der Waals surface area contributed by atoms with E-state index in [4.69, 9.17) is 5.10 Å². The maximum Gasteiger partial charge on any atom is 0.261 e. The summed E-state index contributed by atoms with van der Waals surface area (Å²) in [5.74, 6) is 0.258. The van der Waals surface area contributed by atoms with Gasteiger partial charge in [-0.1, -0.05) is 19.3 Å². The van der Waals surface area contributed by atoms with E-state index < -0.39 is 0 Å². The molecule has 0 bridgehead atoms. The summed E-state index contributed by atoms with van der Waals surface area (Å²) in [5, 5.41) is 9.29. The van der Waals surface area contributed by atoms with E-state index in [-0.39, 0.29) is 17.9 Å². The van der Waals surface area contributed by atoms with Crippen LogP contribution in [0.3, 0.4) is 0 Å². The summed E-state index contributed by atoms with van der Waals surface area (Å²) in [7, 11) is 0. The highest BCUT2D eigenvalue weighted by molar-refractivity contribution is 7.20. The van der Waals surface area contributed by atoms with Crippen molar-refractivity contribution in [2.75, 3.05) is 26.2 Å². The molecular formula is C25H37N5O2S. The third-order valence-electron chi connectivity index (χ3n) is 8.02. The van der Waals surface area contributed by atoms with Crippen LogP contribution in [-0.4, -0.2) is 69.7 Å². The van der Waals surface area contributed by atoms with Gasteiger partial charge < -0.3 is 10.2 Å². The molecule has 180 valence electrons. The van der Waals surface area contributed by atoms with E-state index in [2.05, 4.69) is 27.9 Å². The lowest BCUT2D eigenvalue weighted by molar-refractivity contribution is -0.131. The van der Waals surface area contributed by atoms with Gasteiger partial charge in [-0.25, -0.2) is 0 Å². The van der Waals surface area contributed by atoms with E-state index in [9.17, 15) is 9.59 Å². The minimum Gasteiger partial charge on any atom is -0.349 e. The molecule has 1 aliphatic heterocycles. The normalized spacial score (nSPS) is 25.5. The Morgan fingerprint density at radius 1 is 0.970 bits per heavy atom. The Morgan fingerprint density at radius 2 is 1.67 bits per heavy atom. The molecule has 2 saturated carbocycles. The predicted molar refractivity (Wildman–Crippen MR) is 132 cm³/mol. The second kappa shape index (κ2) is 9.74. The van der Waals surface area contributed by atoms with Crippen molar-refractivity contribution >= 4 is 33.4 Å². The maximum absolute atomic E-state index is 13.1. The number of rotatable bonds is 4. The lowest BCUT2D eigenvalue weighted by Crippen LogP contribution is -2.53. The van der Waals surface area contributed by atoms with Crippen molar-refractivity contribution in [3.63, 3.8) is 0 Å². The topological polar surface area (TPSA) is 70.5 Å². The minimum atomic E-state index is 0.0734. The van der Waals surface area contributed by atoms with Crippen molar-refractivity contribution in [3.05, 3.63) is 16.6 Å². The number of nitrogens with one attached hydrogen (secondary N) is 1. The maximum atomic E-state index is 13.1. The zero-order valence-corrected chi connectivity index (χ0v) is 20.8. The number of hydrogen-bond acceptors (Lipinski definition) is 5. The molecule has 3 aliphatic rings. The molecule has 8 heteroatoms. The molecular weight excluding hydrogens is 434 g/mol. The number of hydrogen-bond donors (Lipinski definition) is 1. The Balaban J connectivity index is 1.17. The SMILES string of the molecule is CC(=O)N1CCN([C@H]2CC[C@H](NC(=O)c3cc4c(C)nn(C5CCCCC5)c4s3)CC2)CC1. The van der Waals surface area contributed by atoms with E-state index in [0.717, 1.165) is 72.7 Å². The summed E-state index contributed by atoms with van der Waals surface area (Å²) in [6.45, 7) is 7.35. The summed E-state index contributed by atoms with van der Waals surface area (Å²) in [6.07, 6.45) is 10.6. The average molecular weight is 472 g/mol. The number of nitrogens with zero attached hydrogens (tertiary/aromatic N) is 4. The van der Waals surface area contributed by atoms with Crippen LogP contribution in [0.4, 0.5) is 0 Å². The molecule has 1 N–H and O–H groups in total. The van der Waals surface area contributed by atoms with Crippen LogP contribution in [0, 0.1) is 6.92 Å². The van der Waals surface area contributed by atoms with Gasteiger partial charge in [0.2, 0.25) is 5.91 Å². The number of carbonyl (C=O) groups excluding carboxylic acids is 2. The van der Waals surface area contributed by atoms with E-state index in [1.807, 2.05) is 4.90 Å². The van der Waals surface area contributed by atoms with Gasteiger partial charge in [0, 0.05) is 50.6 Å². The quantitative estimate of drug-likeness (QED) is 0.728. The zero-order chi connectivity index (χ0) is 22.9. The minimum absolute atomic E-state index is 0.0734. The first-order valence-electron chi connectivity index (χ1n) is 12.8. The Labute approximate surface area is 200 Å². The summed E-state index contributed by atoms with van der Waals surface area (Å²) in [6, 6.07) is 3.38. The number of aromatic nitrogens is 2. The van der Waals surface area contributed by atoms with Crippen molar-refractivity contribution in [2.24, 2.45) is 0 Å². The first-order chi connectivity index (χ1) is 16.0. The highest BCUT2D eigenvalue weighted by atomic mass is 32.1. The van der Waals surface area contributed by atoms with Gasteiger partial charge in [0.1, 0.15) is 4.83 Å². The van der Waals surface area contributed by atoms with Gasteiger partial charge in [-0.2, -0.15) is 5.10 Å². The van der Waals surface area contributed by atoms with Gasteiger partial charge in [-0.05, 0) is 51.5 Å². The van der Waals surface area contributed by atoms with Crippen molar-refractivity contribution in [3.8, 4) is 0 Å². The lowest BCUT2D eigenvalue weighted by Gasteiger charge is -2.41. The van der Waals surface area contributed by atoms with E-state index in [1.165, 1.54) is 32.1 Å². The van der Waals surface area contributed by atoms with Gasteiger partial charge >= 0.3 is 0 Å². The van der Waals surface area contributed by atoms with E-state index in [1.54, 1.807) is 18.3 Å². The van der Waals surface area contributed by atoms with Gasteiger partial charge in [-0.3, -0.25) is 19.2 Å². The Bertz CT molecular complexity index is 992. The molecule has 0 spiro atoms. The summed E-state index contributed by atoms with van der Waals surface area (Å²) in [4.78, 5) is 31.1. The smallest absolute Gasteiger partial charge is 0.261 e. The first-order valence-corrected chi connectivity index (χ1v) is 13.6. The number of carbonyl (C=O) groups is 2. The van der Waals surface area contributed by atoms with Gasteiger partial charge in [0.25, 0.3) is 5.91 Å². The Hall–Kier alpha value is -1.93. The van der Waals surface area contributed by atoms with Crippen LogP contribution in [0.15, 0.2) is 6.07 Å². The average Bonchev–Trinajstić information content (AvgIpc) is 3.41. The van der Waals surface area contributed by atoms with Gasteiger partial charge in [0.15, 0.2) is 0 Å². The van der Waals surface area contributed by atoms with Crippen LogP contribution in [-0.2, 0) is 4.79 Å². The molecule has 2 aromatic heterocycles. The Morgan fingerprint density at radius 3 is 2.33 bits per heavy atom. The molecule has 0 unspecified atom stereocenters. The van der Waals surface area contributed by atoms with Crippen LogP contribution >= 0.6 is 11.3 Å². The molecule has 2 amide bonds.